The van der Waals surface area contributed by atoms with Crippen LogP contribution in [0.2, 0.25) is 0 Å². The Morgan fingerprint density at radius 3 is 2.57 bits per heavy atom. The minimum Gasteiger partial charge on any atom is -0.411 e. The summed E-state index contributed by atoms with van der Waals surface area (Å²) in [5, 5.41) is 12.6. The fourth-order valence-electron chi connectivity index (χ4n) is 3.51. The van der Waals surface area contributed by atoms with E-state index in [1.54, 1.807) is 0 Å². The summed E-state index contributed by atoms with van der Waals surface area (Å²) in [5.74, 6) is -1.02. The number of ether oxygens (including phenoxy) is 1. The second-order valence-corrected chi connectivity index (χ2v) is 7.42. The van der Waals surface area contributed by atoms with E-state index in [-0.39, 0.29) is 12.3 Å². The molecule has 0 aromatic heterocycles. The number of nitrogens with two attached hydrogens (primary N) is 2. The van der Waals surface area contributed by atoms with Crippen molar-refractivity contribution in [2.45, 2.75) is 63.8 Å². The number of esters is 2. The third kappa shape index (κ3) is 7.05. The molecule has 7 heteroatoms. The molecule has 1 aliphatic rings. The van der Waals surface area contributed by atoms with Crippen LogP contribution in [0.3, 0.4) is 0 Å². The van der Waals surface area contributed by atoms with Crippen molar-refractivity contribution in [3.63, 3.8) is 0 Å². The first kappa shape index (κ1) is 22.0. The van der Waals surface area contributed by atoms with Crippen LogP contribution in [-0.4, -0.2) is 35.4 Å². The van der Waals surface area contributed by atoms with Crippen molar-refractivity contribution in [3.05, 3.63) is 35.4 Å². The van der Waals surface area contributed by atoms with Crippen LogP contribution in [0.5, 0.6) is 0 Å². The van der Waals surface area contributed by atoms with E-state index < -0.39 is 18.0 Å². The highest BCUT2D eigenvalue weighted by atomic mass is 16.6. The van der Waals surface area contributed by atoms with Crippen LogP contribution in [0.15, 0.2) is 29.4 Å². The smallest absolute Gasteiger partial charge is 0.330 e. The predicted molar refractivity (Wildman–Crippen MR) is 107 cm³/mol. The fourth-order valence-corrected chi connectivity index (χ4v) is 3.51. The highest BCUT2D eigenvalue weighted by molar-refractivity contribution is 5.89. The topological polar surface area (TPSA) is 128 Å². The summed E-state index contributed by atoms with van der Waals surface area (Å²) in [6.45, 7) is 0.547. The Labute approximate surface area is 166 Å². The number of carbonyl (C=O) groups excluding carboxylic acids is 2. The summed E-state index contributed by atoms with van der Waals surface area (Å²) < 4.78 is 4.85. The van der Waals surface area contributed by atoms with Gasteiger partial charge >= 0.3 is 11.9 Å². The number of benzene rings is 1. The Bertz CT molecular complexity index is 673. The van der Waals surface area contributed by atoms with Crippen molar-refractivity contribution in [1.29, 1.82) is 0 Å². The number of unbranched alkanes of at least 4 members (excludes halogenated alkanes) is 1. The van der Waals surface area contributed by atoms with E-state index >= 15 is 0 Å². The van der Waals surface area contributed by atoms with Gasteiger partial charge in [-0.25, -0.2) is 4.79 Å². The average Bonchev–Trinajstić information content (AvgIpc) is 2.70. The zero-order chi connectivity index (χ0) is 20.4. The molecule has 7 nitrogen and oxygen atoms in total. The van der Waals surface area contributed by atoms with Gasteiger partial charge < -0.3 is 21.4 Å². The van der Waals surface area contributed by atoms with Crippen LogP contribution < -0.4 is 11.5 Å². The SMILES string of the molecule is NCCCC[C@H](N)C(=O)OC(=O)Cc1ccc(CC2CCCCC2=NO)cc1. The van der Waals surface area contributed by atoms with Gasteiger partial charge in [0, 0.05) is 5.92 Å². The van der Waals surface area contributed by atoms with Gasteiger partial charge in [-0.05, 0) is 56.2 Å². The Morgan fingerprint density at radius 2 is 1.89 bits per heavy atom. The van der Waals surface area contributed by atoms with Gasteiger partial charge in [-0.3, -0.25) is 4.79 Å². The van der Waals surface area contributed by atoms with Gasteiger partial charge in [0.1, 0.15) is 6.04 Å². The van der Waals surface area contributed by atoms with Crippen molar-refractivity contribution in [1.82, 2.24) is 0 Å². The number of nitrogens with zero attached hydrogens (tertiary/aromatic N) is 1. The first-order chi connectivity index (χ1) is 13.5. The normalized spacial score (nSPS) is 19.4. The van der Waals surface area contributed by atoms with Gasteiger partial charge in [0.05, 0.1) is 12.1 Å². The number of hydrogen-bond acceptors (Lipinski definition) is 7. The third-order valence-electron chi connectivity index (χ3n) is 5.18. The van der Waals surface area contributed by atoms with E-state index in [0.29, 0.717) is 13.0 Å². The first-order valence-electron chi connectivity index (χ1n) is 10.0. The average molecular weight is 389 g/mol. The summed E-state index contributed by atoms with van der Waals surface area (Å²) in [5.41, 5.74) is 13.9. The molecule has 1 unspecified atom stereocenters. The third-order valence-corrected chi connectivity index (χ3v) is 5.18. The van der Waals surface area contributed by atoms with Crippen molar-refractivity contribution in [2.24, 2.45) is 22.5 Å². The molecule has 154 valence electrons. The molecule has 28 heavy (non-hydrogen) atoms. The molecule has 1 aromatic carbocycles. The second-order valence-electron chi connectivity index (χ2n) is 7.42. The Kier molecular flexibility index (Phi) is 9.10. The minimum absolute atomic E-state index is 0.0221. The zero-order valence-electron chi connectivity index (χ0n) is 16.3. The van der Waals surface area contributed by atoms with E-state index in [2.05, 4.69) is 5.16 Å². The molecule has 0 saturated heterocycles. The van der Waals surface area contributed by atoms with Gasteiger partial charge in [0.15, 0.2) is 0 Å². The quantitative estimate of drug-likeness (QED) is 0.195. The van der Waals surface area contributed by atoms with Crippen molar-refractivity contribution in [3.8, 4) is 0 Å². The highest BCUT2D eigenvalue weighted by Crippen LogP contribution is 2.25. The first-order valence-corrected chi connectivity index (χ1v) is 10.0. The van der Waals surface area contributed by atoms with Crippen molar-refractivity contribution in [2.75, 3.05) is 6.54 Å². The Balaban J connectivity index is 1.81. The fraction of sp³-hybridized carbons (Fsp3) is 0.571. The van der Waals surface area contributed by atoms with Crippen molar-refractivity contribution >= 4 is 17.7 Å². The molecule has 2 atom stereocenters. The van der Waals surface area contributed by atoms with E-state index in [1.807, 2.05) is 24.3 Å². The summed E-state index contributed by atoms with van der Waals surface area (Å²) >= 11 is 0. The summed E-state index contributed by atoms with van der Waals surface area (Å²) in [4.78, 5) is 23.8. The largest absolute Gasteiger partial charge is 0.411 e. The Morgan fingerprint density at radius 1 is 1.18 bits per heavy atom. The molecule has 0 heterocycles. The maximum atomic E-state index is 12.0. The number of carbonyl (C=O) groups is 2. The predicted octanol–water partition coefficient (Wildman–Crippen LogP) is 2.32. The molecule has 1 saturated carbocycles. The molecule has 0 amide bonds. The van der Waals surface area contributed by atoms with Crippen molar-refractivity contribution < 1.29 is 19.5 Å². The van der Waals surface area contributed by atoms with E-state index in [0.717, 1.165) is 61.8 Å². The minimum atomic E-state index is -0.796. The monoisotopic (exact) mass is 389 g/mol. The van der Waals surface area contributed by atoms with Crippen LogP contribution in [0.1, 0.15) is 56.1 Å². The molecule has 0 bridgehead atoms. The van der Waals surface area contributed by atoms with Crippen LogP contribution in [0.25, 0.3) is 0 Å². The van der Waals surface area contributed by atoms with Crippen LogP contribution in [-0.2, 0) is 27.2 Å². The molecular formula is C21H31N3O4. The maximum Gasteiger partial charge on any atom is 0.330 e. The number of hydrogen-bond donors (Lipinski definition) is 3. The van der Waals surface area contributed by atoms with Gasteiger partial charge in [0.25, 0.3) is 0 Å². The van der Waals surface area contributed by atoms with Gasteiger partial charge in [-0.15, -0.1) is 0 Å². The highest BCUT2D eigenvalue weighted by Gasteiger charge is 2.22. The standard InChI is InChI=1S/C21H31N3O4/c22-12-4-3-6-18(23)21(26)28-20(25)14-16-10-8-15(9-11-16)13-17-5-1-2-7-19(17)24-27/h8-11,17-18,27H,1-7,12-14,22-23H2/t17?,18-/m0/s1. The molecule has 2 rings (SSSR count). The van der Waals surface area contributed by atoms with Gasteiger partial charge in [-0.2, -0.15) is 0 Å². The lowest BCUT2D eigenvalue weighted by Gasteiger charge is -2.22. The molecule has 0 aliphatic heterocycles. The lowest BCUT2D eigenvalue weighted by Crippen LogP contribution is -2.34. The molecule has 0 spiro atoms. The molecule has 0 radical (unpaired) electrons. The van der Waals surface area contributed by atoms with Gasteiger partial charge in [0.2, 0.25) is 0 Å². The van der Waals surface area contributed by atoms with Crippen LogP contribution >= 0.6 is 0 Å². The van der Waals surface area contributed by atoms with E-state index in [1.165, 1.54) is 0 Å². The molecule has 5 N–H and O–H groups in total. The zero-order valence-corrected chi connectivity index (χ0v) is 16.3. The lowest BCUT2D eigenvalue weighted by atomic mass is 9.83. The molecule has 1 fully saturated rings. The lowest BCUT2D eigenvalue weighted by molar-refractivity contribution is -0.160. The van der Waals surface area contributed by atoms with Crippen LogP contribution in [0.4, 0.5) is 0 Å². The molecular weight excluding hydrogens is 358 g/mol. The van der Waals surface area contributed by atoms with Gasteiger partial charge in [-0.1, -0.05) is 42.3 Å². The second kappa shape index (κ2) is 11.6. The maximum absolute atomic E-state index is 12.0. The summed E-state index contributed by atoms with van der Waals surface area (Å²) in [7, 11) is 0. The molecule has 1 aliphatic carbocycles. The Hall–Kier alpha value is -2.25. The summed E-state index contributed by atoms with van der Waals surface area (Å²) in [6.07, 6.45) is 6.92. The van der Waals surface area contributed by atoms with Crippen LogP contribution in [0, 0.1) is 5.92 Å². The number of rotatable bonds is 9. The van der Waals surface area contributed by atoms with E-state index in [4.69, 9.17) is 21.4 Å². The summed E-state index contributed by atoms with van der Waals surface area (Å²) in [6, 6.07) is 6.86. The molecule has 1 aromatic rings. The van der Waals surface area contributed by atoms with E-state index in [9.17, 15) is 9.59 Å². The number of oxime groups is 1.